The minimum Gasteiger partial charge on any atom is -0.367 e. The first-order valence-corrected chi connectivity index (χ1v) is 11.2. The summed E-state index contributed by atoms with van der Waals surface area (Å²) in [5.74, 6) is 1.25. The zero-order valence-electron chi connectivity index (χ0n) is 18.5. The zero-order valence-corrected chi connectivity index (χ0v) is 18.5. The van der Waals surface area contributed by atoms with Crippen LogP contribution in [0.2, 0.25) is 0 Å². The Balaban J connectivity index is 1.56. The van der Waals surface area contributed by atoms with Gasteiger partial charge in [-0.05, 0) is 62.3 Å². The Morgan fingerprint density at radius 2 is 1.94 bits per heavy atom. The molecule has 1 saturated heterocycles. The first-order chi connectivity index (χ1) is 16.6. The molecule has 1 aliphatic rings. The predicted molar refractivity (Wildman–Crippen MR) is 130 cm³/mol. The summed E-state index contributed by atoms with van der Waals surface area (Å²) in [4.78, 5) is 26.8. The van der Waals surface area contributed by atoms with Gasteiger partial charge in [-0.3, -0.25) is 4.79 Å². The molecule has 0 spiro atoms. The monoisotopic (exact) mass is 460 g/mol. The molecule has 0 saturated carbocycles. The minimum atomic E-state index is -0.332. The van der Waals surface area contributed by atoms with E-state index < -0.39 is 0 Å². The Bertz CT molecular complexity index is 1370. The molecule has 1 aliphatic heterocycles. The molecule has 174 valence electrons. The fraction of sp³-hybridized carbons (Fsp3) is 0.250. The van der Waals surface area contributed by atoms with Crippen molar-refractivity contribution in [3.8, 4) is 5.82 Å². The van der Waals surface area contributed by atoms with Crippen LogP contribution in [0.4, 0.5) is 21.8 Å². The Morgan fingerprint density at radius 1 is 1.15 bits per heavy atom. The number of hydrogen-bond acceptors (Lipinski definition) is 7. The van der Waals surface area contributed by atoms with Gasteiger partial charge in [0.05, 0.1) is 6.54 Å². The summed E-state index contributed by atoms with van der Waals surface area (Å²) >= 11 is 0. The van der Waals surface area contributed by atoms with E-state index in [1.165, 1.54) is 23.0 Å². The van der Waals surface area contributed by atoms with Crippen molar-refractivity contribution >= 4 is 28.5 Å². The summed E-state index contributed by atoms with van der Waals surface area (Å²) in [5.41, 5.74) is 0.811. The van der Waals surface area contributed by atoms with Gasteiger partial charge in [-0.1, -0.05) is 12.1 Å². The van der Waals surface area contributed by atoms with Gasteiger partial charge in [-0.15, -0.1) is 6.58 Å². The largest absolute Gasteiger partial charge is 0.367 e. The van der Waals surface area contributed by atoms with Gasteiger partial charge in [0.25, 0.3) is 5.56 Å². The molecule has 5 rings (SSSR count). The Hall–Kier alpha value is -4.05. The van der Waals surface area contributed by atoms with E-state index in [-0.39, 0.29) is 23.9 Å². The maximum Gasteiger partial charge on any atom is 0.278 e. The first kappa shape index (κ1) is 21.8. The third kappa shape index (κ3) is 4.40. The SMILES string of the molecule is C=CCn1c(=O)c2cnc(Nc3ccc(F)cc3)nc2n1-c1cccc(NC2CCNCC2)n1. The second-order valence-electron chi connectivity index (χ2n) is 8.10. The molecule has 4 heterocycles. The number of nitrogens with zero attached hydrogens (tertiary/aromatic N) is 5. The van der Waals surface area contributed by atoms with Crippen LogP contribution < -0.4 is 21.5 Å². The Morgan fingerprint density at radius 3 is 2.71 bits per heavy atom. The Labute approximate surface area is 195 Å². The number of hydrogen-bond donors (Lipinski definition) is 3. The smallest absolute Gasteiger partial charge is 0.278 e. The highest BCUT2D eigenvalue weighted by atomic mass is 19.1. The molecule has 3 aromatic heterocycles. The van der Waals surface area contributed by atoms with Gasteiger partial charge in [0, 0.05) is 17.9 Å². The average Bonchev–Trinajstić information content (AvgIpc) is 3.12. The average molecular weight is 461 g/mol. The Kier molecular flexibility index (Phi) is 6.05. The summed E-state index contributed by atoms with van der Waals surface area (Å²) in [7, 11) is 0. The number of fused-ring (bicyclic) bond motifs is 1. The zero-order chi connectivity index (χ0) is 23.5. The van der Waals surface area contributed by atoms with Crippen molar-refractivity contribution in [1.29, 1.82) is 0 Å². The molecule has 0 radical (unpaired) electrons. The number of aromatic nitrogens is 5. The van der Waals surface area contributed by atoms with Crippen LogP contribution in [0.3, 0.4) is 0 Å². The highest BCUT2D eigenvalue weighted by Crippen LogP contribution is 2.20. The highest BCUT2D eigenvalue weighted by Gasteiger charge is 2.19. The van der Waals surface area contributed by atoms with Crippen LogP contribution in [0.1, 0.15) is 12.8 Å². The molecule has 1 aromatic carbocycles. The molecular formula is C24H25FN8O. The fourth-order valence-electron chi connectivity index (χ4n) is 4.07. The number of nitrogens with one attached hydrogen (secondary N) is 3. The molecule has 0 amide bonds. The van der Waals surface area contributed by atoms with E-state index in [2.05, 4.69) is 32.5 Å². The minimum absolute atomic E-state index is 0.234. The highest BCUT2D eigenvalue weighted by molar-refractivity contribution is 5.77. The normalized spacial score (nSPS) is 14.3. The summed E-state index contributed by atoms with van der Waals surface area (Å²) in [6.45, 7) is 6.01. The summed E-state index contributed by atoms with van der Waals surface area (Å²) in [5, 5.41) is 10.3. The van der Waals surface area contributed by atoms with Crippen molar-refractivity contribution < 1.29 is 4.39 Å². The van der Waals surface area contributed by atoms with Crippen LogP contribution in [0.15, 0.2) is 66.1 Å². The van der Waals surface area contributed by atoms with Crippen LogP contribution in [0.25, 0.3) is 16.9 Å². The van der Waals surface area contributed by atoms with Gasteiger partial charge in [0.1, 0.15) is 17.0 Å². The molecule has 4 aromatic rings. The molecule has 9 nitrogen and oxygen atoms in total. The van der Waals surface area contributed by atoms with Gasteiger partial charge in [0.2, 0.25) is 5.95 Å². The van der Waals surface area contributed by atoms with Gasteiger partial charge in [-0.2, -0.15) is 4.98 Å². The van der Waals surface area contributed by atoms with E-state index in [9.17, 15) is 9.18 Å². The van der Waals surface area contributed by atoms with Crippen molar-refractivity contribution in [2.75, 3.05) is 23.7 Å². The number of benzene rings is 1. The number of anilines is 3. The third-order valence-electron chi connectivity index (χ3n) is 5.72. The van der Waals surface area contributed by atoms with E-state index in [1.54, 1.807) is 22.9 Å². The first-order valence-electron chi connectivity index (χ1n) is 11.2. The summed E-state index contributed by atoms with van der Waals surface area (Å²) in [6.07, 6.45) is 5.18. The topological polar surface area (TPSA) is 102 Å². The van der Waals surface area contributed by atoms with Crippen LogP contribution in [0, 0.1) is 5.82 Å². The number of rotatable bonds is 7. The van der Waals surface area contributed by atoms with Gasteiger partial charge in [0.15, 0.2) is 11.5 Å². The van der Waals surface area contributed by atoms with Crippen molar-refractivity contribution in [3.63, 3.8) is 0 Å². The lowest BCUT2D eigenvalue weighted by atomic mass is 10.1. The van der Waals surface area contributed by atoms with Crippen molar-refractivity contribution in [1.82, 2.24) is 29.6 Å². The van der Waals surface area contributed by atoms with Crippen molar-refractivity contribution in [3.05, 3.63) is 77.5 Å². The quantitative estimate of drug-likeness (QED) is 0.364. The number of piperidine rings is 1. The maximum atomic E-state index is 13.3. The molecule has 0 bridgehead atoms. The molecule has 10 heteroatoms. The molecule has 0 aliphatic carbocycles. The molecular weight excluding hydrogens is 435 g/mol. The van der Waals surface area contributed by atoms with Crippen molar-refractivity contribution in [2.24, 2.45) is 0 Å². The number of pyridine rings is 1. The molecule has 0 atom stereocenters. The second-order valence-corrected chi connectivity index (χ2v) is 8.10. The van der Waals surface area contributed by atoms with E-state index >= 15 is 0 Å². The van der Waals surface area contributed by atoms with E-state index in [1.807, 2.05) is 18.2 Å². The second kappa shape index (κ2) is 9.44. The van der Waals surface area contributed by atoms with Crippen LogP contribution >= 0.6 is 0 Å². The van der Waals surface area contributed by atoms with Crippen LogP contribution in [0.5, 0.6) is 0 Å². The molecule has 1 fully saturated rings. The lowest BCUT2D eigenvalue weighted by Crippen LogP contribution is -2.35. The lowest BCUT2D eigenvalue weighted by molar-refractivity contribution is 0.478. The standard InChI is InChI=1S/C24H25FN8O/c1-2-14-32-23(34)19-15-27-24(29-17-8-6-16(25)7-9-17)31-22(19)33(32)21-5-3-4-20(30-21)28-18-10-12-26-13-11-18/h2-9,15,18,26H,1,10-14H2,(H,28,30)(H,27,29,31). The predicted octanol–water partition coefficient (Wildman–Crippen LogP) is 3.21. The van der Waals surface area contributed by atoms with Crippen LogP contribution in [-0.2, 0) is 6.54 Å². The summed E-state index contributed by atoms with van der Waals surface area (Å²) in [6, 6.07) is 11.9. The van der Waals surface area contributed by atoms with E-state index in [0.717, 1.165) is 31.7 Å². The molecule has 34 heavy (non-hydrogen) atoms. The summed E-state index contributed by atoms with van der Waals surface area (Å²) < 4.78 is 16.5. The van der Waals surface area contributed by atoms with E-state index in [0.29, 0.717) is 28.6 Å². The van der Waals surface area contributed by atoms with Crippen LogP contribution in [-0.4, -0.2) is 43.4 Å². The van der Waals surface area contributed by atoms with Gasteiger partial charge in [-0.25, -0.2) is 23.7 Å². The number of halogens is 1. The molecule has 3 N–H and O–H groups in total. The molecule has 0 unspecified atom stereocenters. The van der Waals surface area contributed by atoms with E-state index in [4.69, 9.17) is 4.98 Å². The number of allylic oxidation sites excluding steroid dienone is 1. The lowest BCUT2D eigenvalue weighted by Gasteiger charge is -2.24. The third-order valence-corrected chi connectivity index (χ3v) is 5.72. The fourth-order valence-corrected chi connectivity index (χ4v) is 4.07. The van der Waals surface area contributed by atoms with Gasteiger partial charge >= 0.3 is 0 Å². The van der Waals surface area contributed by atoms with Crippen molar-refractivity contribution in [2.45, 2.75) is 25.4 Å². The van der Waals surface area contributed by atoms with Gasteiger partial charge < -0.3 is 16.0 Å². The maximum absolute atomic E-state index is 13.3.